The highest BCUT2D eigenvalue weighted by Crippen LogP contribution is 2.39. The molecule has 0 spiro atoms. The molecule has 0 atom stereocenters. The van der Waals surface area contributed by atoms with E-state index in [9.17, 15) is 14.4 Å². The summed E-state index contributed by atoms with van der Waals surface area (Å²) < 4.78 is 4.82. The zero-order valence-corrected chi connectivity index (χ0v) is 15.7. The van der Waals surface area contributed by atoms with Crippen LogP contribution in [0.3, 0.4) is 0 Å². The monoisotopic (exact) mass is 386 g/mol. The number of carbonyl (C=O) groups excluding carboxylic acids is 3. The second-order valence-corrected chi connectivity index (χ2v) is 6.99. The number of nitrogens with one attached hydrogen (secondary N) is 2. The van der Waals surface area contributed by atoms with E-state index in [4.69, 9.17) is 4.74 Å². The standard InChI is InChI=1S/C18H18N4O4S/c1-10(11-6-8-19-9-7-11)21-22-16(24)15(23)20-17-14(18(25)26-2)12-4-3-5-13(12)27-17/h6-9H,3-5H2,1-2H3,(H,20,23)(H,22,24). The predicted molar refractivity (Wildman–Crippen MR) is 101 cm³/mol. The van der Waals surface area contributed by atoms with Crippen molar-refractivity contribution in [3.8, 4) is 0 Å². The number of methoxy groups -OCH3 is 1. The molecule has 0 bridgehead atoms. The molecule has 0 saturated heterocycles. The Labute approximate surface area is 159 Å². The van der Waals surface area contributed by atoms with Gasteiger partial charge in [0.05, 0.1) is 18.4 Å². The number of hydrogen-bond donors (Lipinski definition) is 2. The van der Waals surface area contributed by atoms with E-state index in [0.717, 1.165) is 35.3 Å². The van der Waals surface area contributed by atoms with Crippen LogP contribution in [0.2, 0.25) is 0 Å². The summed E-state index contributed by atoms with van der Waals surface area (Å²) in [5.74, 6) is -2.34. The van der Waals surface area contributed by atoms with Gasteiger partial charge in [0.2, 0.25) is 0 Å². The molecule has 1 aliphatic carbocycles. The van der Waals surface area contributed by atoms with E-state index in [2.05, 4.69) is 20.8 Å². The second kappa shape index (κ2) is 8.09. The zero-order valence-electron chi connectivity index (χ0n) is 14.9. The average molecular weight is 386 g/mol. The summed E-state index contributed by atoms with van der Waals surface area (Å²) >= 11 is 1.30. The van der Waals surface area contributed by atoms with Gasteiger partial charge in [-0.15, -0.1) is 11.3 Å². The number of rotatable bonds is 4. The highest BCUT2D eigenvalue weighted by atomic mass is 32.1. The summed E-state index contributed by atoms with van der Waals surface area (Å²) in [5, 5.41) is 6.76. The topological polar surface area (TPSA) is 110 Å². The third kappa shape index (κ3) is 4.03. The van der Waals surface area contributed by atoms with Crippen molar-refractivity contribution in [1.82, 2.24) is 10.4 Å². The summed E-state index contributed by atoms with van der Waals surface area (Å²) in [6.45, 7) is 1.70. The Balaban J connectivity index is 1.70. The molecule has 0 aromatic carbocycles. The molecule has 27 heavy (non-hydrogen) atoms. The number of ether oxygens (including phenoxy) is 1. The molecule has 2 aromatic rings. The lowest BCUT2D eigenvalue weighted by Crippen LogP contribution is -2.33. The van der Waals surface area contributed by atoms with Crippen LogP contribution in [0, 0.1) is 0 Å². The van der Waals surface area contributed by atoms with Crippen molar-refractivity contribution < 1.29 is 19.1 Å². The maximum absolute atomic E-state index is 12.2. The molecule has 1 aliphatic rings. The Kier molecular flexibility index (Phi) is 5.60. The summed E-state index contributed by atoms with van der Waals surface area (Å²) in [4.78, 5) is 41.3. The maximum atomic E-state index is 12.2. The average Bonchev–Trinajstić information content (AvgIpc) is 3.26. The predicted octanol–water partition coefficient (Wildman–Crippen LogP) is 1.90. The van der Waals surface area contributed by atoms with Gasteiger partial charge in [0, 0.05) is 22.8 Å². The van der Waals surface area contributed by atoms with E-state index < -0.39 is 17.8 Å². The SMILES string of the molecule is COC(=O)c1c(NC(=O)C(=O)NN=C(C)c2ccncc2)sc2c1CCC2. The van der Waals surface area contributed by atoms with Gasteiger partial charge >= 0.3 is 17.8 Å². The van der Waals surface area contributed by atoms with Crippen molar-refractivity contribution in [2.24, 2.45) is 5.10 Å². The number of amides is 2. The molecular weight excluding hydrogens is 368 g/mol. The lowest BCUT2D eigenvalue weighted by molar-refractivity contribution is -0.136. The molecule has 0 fully saturated rings. The molecule has 9 heteroatoms. The molecular formula is C18H18N4O4S. The van der Waals surface area contributed by atoms with Gasteiger partial charge in [-0.3, -0.25) is 14.6 Å². The van der Waals surface area contributed by atoms with Gasteiger partial charge in [0.25, 0.3) is 0 Å². The van der Waals surface area contributed by atoms with Gasteiger partial charge in [0.1, 0.15) is 5.00 Å². The largest absolute Gasteiger partial charge is 0.465 e. The van der Waals surface area contributed by atoms with Crippen LogP contribution in [-0.2, 0) is 27.2 Å². The van der Waals surface area contributed by atoms with E-state index in [0.29, 0.717) is 16.3 Å². The normalized spacial score (nSPS) is 13.0. The molecule has 2 heterocycles. The minimum Gasteiger partial charge on any atom is -0.465 e. The molecule has 2 aromatic heterocycles. The number of thiophene rings is 1. The van der Waals surface area contributed by atoms with Crippen LogP contribution in [0.4, 0.5) is 5.00 Å². The lowest BCUT2D eigenvalue weighted by atomic mass is 10.1. The van der Waals surface area contributed by atoms with Gasteiger partial charge in [0.15, 0.2) is 0 Å². The summed E-state index contributed by atoms with van der Waals surface area (Å²) in [6, 6.07) is 3.47. The van der Waals surface area contributed by atoms with E-state index in [1.54, 1.807) is 31.5 Å². The van der Waals surface area contributed by atoms with Crippen molar-refractivity contribution in [3.05, 3.63) is 46.1 Å². The van der Waals surface area contributed by atoms with Gasteiger partial charge in [-0.2, -0.15) is 5.10 Å². The molecule has 0 radical (unpaired) electrons. The number of carbonyl (C=O) groups is 3. The van der Waals surface area contributed by atoms with Crippen molar-refractivity contribution in [3.63, 3.8) is 0 Å². The molecule has 0 saturated carbocycles. The Hall–Kier alpha value is -3.07. The van der Waals surface area contributed by atoms with Gasteiger partial charge in [-0.05, 0) is 43.9 Å². The van der Waals surface area contributed by atoms with Crippen molar-refractivity contribution in [2.45, 2.75) is 26.2 Å². The van der Waals surface area contributed by atoms with Crippen molar-refractivity contribution in [1.29, 1.82) is 0 Å². The molecule has 3 rings (SSSR count). The van der Waals surface area contributed by atoms with Crippen LogP contribution in [0.25, 0.3) is 0 Å². The summed E-state index contributed by atoms with van der Waals surface area (Å²) in [5.41, 5.74) is 4.76. The fourth-order valence-electron chi connectivity index (χ4n) is 2.81. The number of hydrogen-bond acceptors (Lipinski definition) is 7. The molecule has 2 N–H and O–H groups in total. The molecule has 0 unspecified atom stereocenters. The van der Waals surface area contributed by atoms with E-state index >= 15 is 0 Å². The molecule has 2 amide bonds. The summed E-state index contributed by atoms with van der Waals surface area (Å²) in [7, 11) is 1.29. The number of aryl methyl sites for hydroxylation is 1. The lowest BCUT2D eigenvalue weighted by Gasteiger charge is -2.06. The third-order valence-electron chi connectivity index (χ3n) is 4.17. The van der Waals surface area contributed by atoms with Crippen LogP contribution in [0.5, 0.6) is 0 Å². The summed E-state index contributed by atoms with van der Waals surface area (Å²) in [6.07, 6.45) is 5.78. The van der Waals surface area contributed by atoms with E-state index in [1.165, 1.54) is 18.4 Å². The van der Waals surface area contributed by atoms with Gasteiger partial charge in [-0.25, -0.2) is 10.2 Å². The second-order valence-electron chi connectivity index (χ2n) is 5.88. The first-order valence-electron chi connectivity index (χ1n) is 8.30. The van der Waals surface area contributed by atoms with Crippen LogP contribution in [-0.4, -0.2) is 35.6 Å². The zero-order chi connectivity index (χ0) is 19.4. The molecule has 8 nitrogen and oxygen atoms in total. The first kappa shape index (κ1) is 18.7. The Morgan fingerprint density at radius 2 is 1.93 bits per heavy atom. The van der Waals surface area contributed by atoms with Gasteiger partial charge < -0.3 is 10.1 Å². The molecule has 140 valence electrons. The van der Waals surface area contributed by atoms with Crippen LogP contribution in [0.15, 0.2) is 29.6 Å². The number of nitrogens with zero attached hydrogens (tertiary/aromatic N) is 2. The number of aromatic nitrogens is 1. The Morgan fingerprint density at radius 1 is 1.19 bits per heavy atom. The van der Waals surface area contributed by atoms with E-state index in [-0.39, 0.29) is 0 Å². The van der Waals surface area contributed by atoms with Crippen LogP contribution >= 0.6 is 11.3 Å². The van der Waals surface area contributed by atoms with E-state index in [1.807, 2.05) is 0 Å². The molecule has 0 aliphatic heterocycles. The number of hydrazone groups is 1. The first-order chi connectivity index (χ1) is 13.0. The number of fused-ring (bicyclic) bond motifs is 1. The third-order valence-corrected chi connectivity index (χ3v) is 5.37. The minimum absolute atomic E-state index is 0.335. The number of pyridine rings is 1. The number of anilines is 1. The van der Waals surface area contributed by atoms with Gasteiger partial charge in [-0.1, -0.05) is 0 Å². The fourth-order valence-corrected chi connectivity index (χ4v) is 4.09. The smallest absolute Gasteiger partial charge is 0.341 e. The Bertz CT molecular complexity index is 921. The van der Waals surface area contributed by atoms with Crippen LogP contribution < -0.4 is 10.7 Å². The van der Waals surface area contributed by atoms with Crippen molar-refractivity contribution in [2.75, 3.05) is 12.4 Å². The highest BCUT2D eigenvalue weighted by molar-refractivity contribution is 7.17. The fraction of sp³-hybridized carbons (Fsp3) is 0.278. The Morgan fingerprint density at radius 3 is 2.63 bits per heavy atom. The quantitative estimate of drug-likeness (QED) is 0.361. The van der Waals surface area contributed by atoms with Crippen LogP contribution in [0.1, 0.15) is 39.7 Å². The highest BCUT2D eigenvalue weighted by Gasteiger charge is 2.29. The minimum atomic E-state index is -0.923. The maximum Gasteiger partial charge on any atom is 0.341 e. The van der Waals surface area contributed by atoms with Crippen molar-refractivity contribution >= 4 is 39.8 Å². The number of esters is 1. The first-order valence-corrected chi connectivity index (χ1v) is 9.11.